The van der Waals surface area contributed by atoms with Crippen molar-refractivity contribution in [3.63, 3.8) is 0 Å². The standard InChI is InChI=1S/C27H24BF6NO2/c1-15-9-19(28-36-13-25(3,4)14-37-28)10-16(2)24(15)35-22-7-5-17(26(29,30)31)11-20(22)21-12-18(27(32,33)34)6-8-23(21)35/h5-12H,13-14H2,1-4H3. The van der Waals surface area contributed by atoms with Crippen molar-refractivity contribution < 1.29 is 35.7 Å². The molecule has 0 N–H and O–H groups in total. The Morgan fingerprint density at radius 1 is 0.730 bits per heavy atom. The first-order chi connectivity index (χ1) is 17.2. The molecule has 0 amide bonds. The molecule has 0 aliphatic carbocycles. The van der Waals surface area contributed by atoms with Crippen molar-refractivity contribution in [1.29, 1.82) is 0 Å². The summed E-state index contributed by atoms with van der Waals surface area (Å²) in [7, 11) is -0.554. The number of benzene rings is 3. The number of nitrogens with zero attached hydrogens (tertiary/aromatic N) is 1. The molecular weight excluding hydrogens is 495 g/mol. The minimum absolute atomic E-state index is 0.0972. The molecule has 0 unspecified atom stereocenters. The molecular formula is C27H24BF6NO2. The molecule has 0 bridgehead atoms. The number of hydrogen-bond acceptors (Lipinski definition) is 2. The molecule has 1 aliphatic heterocycles. The molecule has 1 saturated heterocycles. The van der Waals surface area contributed by atoms with Crippen LogP contribution in [-0.4, -0.2) is 24.9 Å². The summed E-state index contributed by atoms with van der Waals surface area (Å²) in [5, 5.41) is 0.194. The van der Waals surface area contributed by atoms with Crippen LogP contribution in [0.4, 0.5) is 26.3 Å². The molecule has 1 aliphatic rings. The summed E-state index contributed by atoms with van der Waals surface area (Å²) in [6.45, 7) is 8.83. The van der Waals surface area contributed by atoms with Gasteiger partial charge in [-0.3, -0.25) is 0 Å². The maximum Gasteiger partial charge on any atom is 0.493 e. The number of alkyl halides is 6. The summed E-state index contributed by atoms with van der Waals surface area (Å²) < 4.78 is 94.6. The first-order valence-corrected chi connectivity index (χ1v) is 11.7. The van der Waals surface area contributed by atoms with Gasteiger partial charge in [0.1, 0.15) is 0 Å². The smallest absolute Gasteiger partial charge is 0.407 e. The molecule has 37 heavy (non-hydrogen) atoms. The van der Waals surface area contributed by atoms with Crippen LogP contribution in [0.3, 0.4) is 0 Å². The third-order valence-corrected chi connectivity index (χ3v) is 6.68. The van der Waals surface area contributed by atoms with Crippen molar-refractivity contribution in [2.24, 2.45) is 5.41 Å². The molecule has 10 heteroatoms. The van der Waals surface area contributed by atoms with Gasteiger partial charge in [-0.25, -0.2) is 0 Å². The van der Waals surface area contributed by atoms with Crippen LogP contribution < -0.4 is 5.46 Å². The van der Waals surface area contributed by atoms with Gasteiger partial charge in [-0.05, 0) is 66.8 Å². The molecule has 1 aromatic heterocycles. The second-order valence-electron chi connectivity index (χ2n) is 10.4. The van der Waals surface area contributed by atoms with E-state index in [4.69, 9.17) is 9.31 Å². The van der Waals surface area contributed by atoms with Crippen LogP contribution in [0.5, 0.6) is 0 Å². The molecule has 3 nitrogen and oxygen atoms in total. The van der Waals surface area contributed by atoms with Gasteiger partial charge in [0.05, 0.1) is 27.8 Å². The van der Waals surface area contributed by atoms with Crippen molar-refractivity contribution in [3.05, 3.63) is 70.8 Å². The summed E-state index contributed by atoms with van der Waals surface area (Å²) in [5.74, 6) is 0. The number of aryl methyl sites for hydroxylation is 2. The van der Waals surface area contributed by atoms with Crippen LogP contribution in [0.15, 0.2) is 48.5 Å². The van der Waals surface area contributed by atoms with Crippen LogP contribution in [-0.2, 0) is 21.7 Å². The Labute approximate surface area is 210 Å². The SMILES string of the molecule is Cc1cc(B2OCC(C)(C)CO2)cc(C)c1-n1c2ccc(C(F)(F)F)cc2c2cc(C(F)(F)F)ccc21. The molecule has 0 atom stereocenters. The van der Waals surface area contributed by atoms with Crippen LogP contribution >= 0.6 is 0 Å². The maximum atomic E-state index is 13.5. The van der Waals surface area contributed by atoms with Gasteiger partial charge in [0.25, 0.3) is 0 Å². The van der Waals surface area contributed by atoms with E-state index in [-0.39, 0.29) is 16.2 Å². The number of halogens is 6. The average Bonchev–Trinajstić information content (AvgIpc) is 3.10. The van der Waals surface area contributed by atoms with Crippen molar-refractivity contribution in [1.82, 2.24) is 4.57 Å². The quantitative estimate of drug-likeness (QED) is 0.207. The Hall–Kier alpha value is -2.98. The highest BCUT2D eigenvalue weighted by molar-refractivity contribution is 6.61. The Balaban J connectivity index is 1.72. The lowest BCUT2D eigenvalue weighted by molar-refractivity contribution is -0.138. The van der Waals surface area contributed by atoms with Crippen molar-refractivity contribution in [2.45, 2.75) is 40.0 Å². The molecule has 0 radical (unpaired) electrons. The monoisotopic (exact) mass is 519 g/mol. The first kappa shape index (κ1) is 25.7. The van der Waals surface area contributed by atoms with Gasteiger partial charge in [0.15, 0.2) is 0 Å². The lowest BCUT2D eigenvalue weighted by Crippen LogP contribution is -2.47. The summed E-state index contributed by atoms with van der Waals surface area (Å²) in [5.41, 5.74) is 1.86. The van der Waals surface area contributed by atoms with Crippen LogP contribution in [0, 0.1) is 19.3 Å². The minimum atomic E-state index is -4.63. The fourth-order valence-electron chi connectivity index (χ4n) is 4.98. The van der Waals surface area contributed by atoms with Crippen molar-refractivity contribution >= 4 is 34.4 Å². The van der Waals surface area contributed by atoms with Gasteiger partial charge in [0, 0.05) is 29.4 Å². The first-order valence-electron chi connectivity index (χ1n) is 11.7. The van der Waals surface area contributed by atoms with E-state index >= 15 is 0 Å². The zero-order chi connectivity index (χ0) is 26.9. The molecule has 194 valence electrons. The fourth-order valence-corrected chi connectivity index (χ4v) is 4.98. The highest BCUT2D eigenvalue weighted by Crippen LogP contribution is 2.40. The van der Waals surface area contributed by atoms with E-state index in [0.29, 0.717) is 29.9 Å². The molecule has 4 aromatic rings. The van der Waals surface area contributed by atoms with Gasteiger partial charge in [-0.1, -0.05) is 26.0 Å². The molecule has 2 heterocycles. The van der Waals surface area contributed by atoms with E-state index in [1.165, 1.54) is 12.1 Å². The third kappa shape index (κ3) is 4.61. The molecule has 1 fully saturated rings. The molecule has 3 aromatic carbocycles. The highest BCUT2D eigenvalue weighted by atomic mass is 19.4. The van der Waals surface area contributed by atoms with Gasteiger partial charge < -0.3 is 13.9 Å². The van der Waals surface area contributed by atoms with E-state index in [0.717, 1.165) is 40.9 Å². The van der Waals surface area contributed by atoms with Gasteiger partial charge in [-0.2, -0.15) is 26.3 Å². The fraction of sp³-hybridized carbons (Fsp3) is 0.333. The Kier molecular flexibility index (Phi) is 5.91. The van der Waals surface area contributed by atoms with Crippen molar-refractivity contribution in [2.75, 3.05) is 13.2 Å². The number of rotatable bonds is 2. The normalized spacial score (nSPS) is 16.6. The van der Waals surface area contributed by atoms with E-state index in [1.807, 2.05) is 39.8 Å². The maximum absolute atomic E-state index is 13.5. The summed E-state index contributed by atoms with van der Waals surface area (Å²) in [6.07, 6.45) is -9.27. The van der Waals surface area contributed by atoms with Crippen molar-refractivity contribution in [3.8, 4) is 5.69 Å². The Morgan fingerprint density at radius 2 is 1.16 bits per heavy atom. The van der Waals surface area contributed by atoms with E-state index < -0.39 is 30.6 Å². The Bertz CT molecular complexity index is 1420. The Morgan fingerprint density at radius 3 is 1.57 bits per heavy atom. The number of hydrogen-bond donors (Lipinski definition) is 0. The third-order valence-electron chi connectivity index (χ3n) is 6.68. The number of fused-ring (bicyclic) bond motifs is 3. The lowest BCUT2D eigenvalue weighted by atomic mass is 9.74. The molecule has 0 saturated carbocycles. The second-order valence-corrected chi connectivity index (χ2v) is 10.4. The predicted molar refractivity (Wildman–Crippen MR) is 131 cm³/mol. The zero-order valence-electron chi connectivity index (χ0n) is 20.6. The van der Waals surface area contributed by atoms with Crippen LogP contribution in [0.2, 0.25) is 0 Å². The molecule has 0 spiro atoms. The predicted octanol–water partition coefficient (Wildman–Crippen LogP) is 7.21. The van der Waals surface area contributed by atoms with E-state index in [9.17, 15) is 26.3 Å². The summed E-state index contributed by atoms with van der Waals surface area (Å²) >= 11 is 0. The van der Waals surface area contributed by atoms with Gasteiger partial charge in [-0.15, -0.1) is 0 Å². The summed E-state index contributed by atoms with van der Waals surface area (Å²) in [4.78, 5) is 0. The minimum Gasteiger partial charge on any atom is -0.407 e. The average molecular weight is 519 g/mol. The summed E-state index contributed by atoms with van der Waals surface area (Å²) in [6, 6.07) is 10.1. The van der Waals surface area contributed by atoms with Gasteiger partial charge >= 0.3 is 19.5 Å². The topological polar surface area (TPSA) is 23.4 Å². The lowest BCUT2D eigenvalue weighted by Gasteiger charge is -2.33. The highest BCUT2D eigenvalue weighted by Gasteiger charge is 2.35. The van der Waals surface area contributed by atoms with Gasteiger partial charge in [0.2, 0.25) is 0 Å². The van der Waals surface area contributed by atoms with E-state index in [2.05, 4.69) is 0 Å². The second kappa shape index (κ2) is 8.53. The van der Waals surface area contributed by atoms with Crippen LogP contribution in [0.25, 0.3) is 27.5 Å². The largest absolute Gasteiger partial charge is 0.493 e. The van der Waals surface area contributed by atoms with E-state index in [1.54, 1.807) is 4.57 Å². The van der Waals surface area contributed by atoms with Crippen LogP contribution in [0.1, 0.15) is 36.1 Å². The zero-order valence-corrected chi connectivity index (χ0v) is 20.6. The number of aromatic nitrogens is 1. The molecule has 5 rings (SSSR count).